The summed E-state index contributed by atoms with van der Waals surface area (Å²) in [4.78, 5) is 10.9. The number of rotatable bonds is 4. The fourth-order valence-corrected chi connectivity index (χ4v) is 3.88. The van der Waals surface area contributed by atoms with E-state index in [4.69, 9.17) is 14.6 Å². The van der Waals surface area contributed by atoms with Crippen LogP contribution in [0.5, 0.6) is 11.5 Å². The third kappa shape index (κ3) is 3.34. The molecule has 2 aromatic rings. The molecule has 27 heavy (non-hydrogen) atoms. The number of carboxylic acid groups (broad SMARTS) is 1. The summed E-state index contributed by atoms with van der Waals surface area (Å²) < 4.78 is 51.0. The lowest BCUT2D eigenvalue weighted by atomic mass is 9.98. The van der Waals surface area contributed by atoms with E-state index in [0.717, 1.165) is 11.6 Å². The largest absolute Gasteiger partial charge is 0.492 e. The lowest BCUT2D eigenvalue weighted by molar-refractivity contribution is -0.138. The topological polar surface area (TPSA) is 55.8 Å². The Morgan fingerprint density at radius 3 is 2.78 bits per heavy atom. The fraction of sp³-hybridized carbons (Fsp3) is 0.350. The minimum atomic E-state index is -4.37. The van der Waals surface area contributed by atoms with E-state index in [1.54, 1.807) is 24.3 Å². The van der Waals surface area contributed by atoms with Crippen LogP contribution >= 0.6 is 0 Å². The van der Waals surface area contributed by atoms with Crippen molar-refractivity contribution in [1.82, 2.24) is 0 Å². The first-order valence-electron chi connectivity index (χ1n) is 8.67. The zero-order valence-electron chi connectivity index (χ0n) is 14.3. The Hall–Kier alpha value is -2.70. The van der Waals surface area contributed by atoms with E-state index in [1.807, 2.05) is 0 Å². The molecule has 0 bridgehead atoms. The number of alkyl halides is 3. The maximum Gasteiger partial charge on any atom is 0.416 e. The minimum absolute atomic E-state index is 0.0105. The van der Waals surface area contributed by atoms with E-state index >= 15 is 0 Å². The monoisotopic (exact) mass is 378 g/mol. The molecule has 0 radical (unpaired) electrons. The van der Waals surface area contributed by atoms with Crippen LogP contribution in [-0.4, -0.2) is 17.7 Å². The molecule has 2 aliphatic rings. The van der Waals surface area contributed by atoms with E-state index in [2.05, 4.69) is 0 Å². The van der Waals surface area contributed by atoms with Crippen molar-refractivity contribution in [3.63, 3.8) is 0 Å². The second-order valence-corrected chi connectivity index (χ2v) is 6.82. The van der Waals surface area contributed by atoms with E-state index in [-0.39, 0.29) is 12.3 Å². The number of ether oxygens (including phenoxy) is 2. The Morgan fingerprint density at radius 2 is 2.04 bits per heavy atom. The Balaban J connectivity index is 1.55. The summed E-state index contributed by atoms with van der Waals surface area (Å²) in [6, 6.07) is 9.36. The lowest BCUT2D eigenvalue weighted by Crippen LogP contribution is -2.09. The van der Waals surface area contributed by atoms with Crippen molar-refractivity contribution in [2.75, 3.05) is 6.61 Å². The molecule has 1 heterocycles. The lowest BCUT2D eigenvalue weighted by Gasteiger charge is -2.17. The second kappa shape index (κ2) is 6.48. The average molecular weight is 378 g/mol. The number of carbonyl (C=O) groups is 1. The van der Waals surface area contributed by atoms with Gasteiger partial charge in [0.15, 0.2) is 0 Å². The molecule has 7 heteroatoms. The van der Waals surface area contributed by atoms with Crippen molar-refractivity contribution in [2.45, 2.75) is 37.5 Å². The third-order valence-corrected chi connectivity index (χ3v) is 5.09. The molecule has 2 atom stereocenters. The first kappa shape index (κ1) is 17.7. The fourth-order valence-electron chi connectivity index (χ4n) is 3.88. The first-order chi connectivity index (χ1) is 12.8. The third-order valence-electron chi connectivity index (χ3n) is 5.09. The van der Waals surface area contributed by atoms with Gasteiger partial charge in [-0.25, -0.2) is 0 Å². The second-order valence-electron chi connectivity index (χ2n) is 6.82. The van der Waals surface area contributed by atoms with Gasteiger partial charge in [-0.3, -0.25) is 4.79 Å². The van der Waals surface area contributed by atoms with E-state index in [9.17, 15) is 18.0 Å². The molecule has 0 saturated carbocycles. The number of hydrogen-bond acceptors (Lipinski definition) is 3. The van der Waals surface area contributed by atoms with Crippen LogP contribution in [0.4, 0.5) is 13.2 Å². The maximum atomic E-state index is 13.2. The summed E-state index contributed by atoms with van der Waals surface area (Å²) >= 11 is 0. The Bertz CT molecular complexity index is 891. The Labute approximate surface area is 153 Å². The van der Waals surface area contributed by atoms with Gasteiger partial charge < -0.3 is 14.6 Å². The van der Waals surface area contributed by atoms with Crippen molar-refractivity contribution in [1.29, 1.82) is 0 Å². The van der Waals surface area contributed by atoms with E-state index < -0.39 is 23.8 Å². The van der Waals surface area contributed by atoms with Crippen molar-refractivity contribution >= 4 is 5.97 Å². The molecule has 1 aliphatic carbocycles. The SMILES string of the molecule is O=C(O)C[C@@H]1COc2cc(OC3CCc4c3cccc4C(F)(F)F)ccc21. The molecule has 1 N–H and O–H groups in total. The molecular formula is C20H17F3O4. The van der Waals surface area contributed by atoms with Gasteiger partial charge in [-0.05, 0) is 36.1 Å². The van der Waals surface area contributed by atoms with Crippen LogP contribution < -0.4 is 9.47 Å². The standard InChI is InChI=1S/C20H17F3O4/c21-20(22,23)16-3-1-2-15-14(16)6-7-17(15)27-12-4-5-13-11(8-19(24)25)10-26-18(13)9-12/h1-5,9,11,17H,6-8,10H2,(H,24,25)/t11-,17?/m1/s1. The molecule has 2 aromatic carbocycles. The zero-order valence-corrected chi connectivity index (χ0v) is 14.3. The molecule has 0 aromatic heterocycles. The highest BCUT2D eigenvalue weighted by Gasteiger charge is 2.38. The number of hydrogen-bond donors (Lipinski definition) is 1. The highest BCUT2D eigenvalue weighted by molar-refractivity contribution is 5.68. The number of halogens is 3. The molecule has 0 spiro atoms. The molecule has 142 valence electrons. The van der Waals surface area contributed by atoms with Gasteiger partial charge in [-0.2, -0.15) is 13.2 Å². The normalized spacial score (nSPS) is 20.7. The van der Waals surface area contributed by atoms with Gasteiger partial charge in [0.25, 0.3) is 0 Å². The van der Waals surface area contributed by atoms with E-state index in [0.29, 0.717) is 42.1 Å². The van der Waals surface area contributed by atoms with Crippen LogP contribution in [0.1, 0.15) is 47.1 Å². The highest BCUT2D eigenvalue weighted by atomic mass is 19.4. The van der Waals surface area contributed by atoms with Gasteiger partial charge in [0.05, 0.1) is 18.6 Å². The first-order valence-corrected chi connectivity index (χ1v) is 8.67. The Morgan fingerprint density at radius 1 is 1.22 bits per heavy atom. The summed E-state index contributed by atoms with van der Waals surface area (Å²) in [5.41, 5.74) is 1.08. The molecule has 4 rings (SSSR count). The highest BCUT2D eigenvalue weighted by Crippen LogP contribution is 2.43. The van der Waals surface area contributed by atoms with Gasteiger partial charge in [0, 0.05) is 17.5 Å². The molecule has 0 fully saturated rings. The molecule has 1 aliphatic heterocycles. The van der Waals surface area contributed by atoms with Crippen LogP contribution in [-0.2, 0) is 17.4 Å². The van der Waals surface area contributed by atoms with Crippen molar-refractivity contribution in [3.8, 4) is 11.5 Å². The van der Waals surface area contributed by atoms with Crippen molar-refractivity contribution < 1.29 is 32.5 Å². The van der Waals surface area contributed by atoms with Crippen molar-refractivity contribution in [3.05, 3.63) is 58.7 Å². The van der Waals surface area contributed by atoms with Gasteiger partial charge in [-0.1, -0.05) is 18.2 Å². The van der Waals surface area contributed by atoms with Gasteiger partial charge in [0.1, 0.15) is 17.6 Å². The van der Waals surface area contributed by atoms with Crippen LogP contribution in [0.3, 0.4) is 0 Å². The van der Waals surface area contributed by atoms with Crippen LogP contribution in [0.15, 0.2) is 36.4 Å². The zero-order chi connectivity index (χ0) is 19.2. The number of aliphatic carboxylic acids is 1. The van der Waals surface area contributed by atoms with Gasteiger partial charge in [-0.15, -0.1) is 0 Å². The molecule has 1 unspecified atom stereocenters. The van der Waals surface area contributed by atoms with E-state index in [1.165, 1.54) is 6.07 Å². The average Bonchev–Trinajstić information content (AvgIpc) is 3.18. The minimum Gasteiger partial charge on any atom is -0.492 e. The molecule has 0 saturated heterocycles. The predicted molar refractivity (Wildman–Crippen MR) is 90.1 cm³/mol. The summed E-state index contributed by atoms with van der Waals surface area (Å²) in [6.07, 6.45) is -4.04. The molecule has 4 nitrogen and oxygen atoms in total. The van der Waals surface area contributed by atoms with Crippen LogP contribution in [0.25, 0.3) is 0 Å². The summed E-state index contributed by atoms with van der Waals surface area (Å²) in [5.74, 6) is -0.0195. The summed E-state index contributed by atoms with van der Waals surface area (Å²) in [7, 11) is 0. The number of fused-ring (bicyclic) bond motifs is 2. The van der Waals surface area contributed by atoms with Crippen molar-refractivity contribution in [2.24, 2.45) is 0 Å². The smallest absolute Gasteiger partial charge is 0.416 e. The molecular weight excluding hydrogens is 361 g/mol. The molecule has 0 amide bonds. The van der Waals surface area contributed by atoms with Gasteiger partial charge >= 0.3 is 12.1 Å². The maximum absolute atomic E-state index is 13.2. The number of carboxylic acids is 1. The summed E-state index contributed by atoms with van der Waals surface area (Å²) in [6.45, 7) is 0.298. The number of benzene rings is 2. The van der Waals surface area contributed by atoms with Crippen LogP contribution in [0.2, 0.25) is 0 Å². The van der Waals surface area contributed by atoms with Gasteiger partial charge in [0.2, 0.25) is 0 Å². The quantitative estimate of drug-likeness (QED) is 0.836. The Kier molecular flexibility index (Phi) is 4.25. The predicted octanol–water partition coefficient (Wildman–Crippen LogP) is 4.72. The summed E-state index contributed by atoms with van der Waals surface area (Å²) in [5, 5.41) is 8.96. The van der Waals surface area contributed by atoms with Crippen LogP contribution in [0, 0.1) is 0 Å².